The Kier molecular flexibility index (Phi) is 6.48. The zero-order valence-corrected chi connectivity index (χ0v) is 18.9. The van der Waals surface area contributed by atoms with E-state index < -0.39 is 15.9 Å². The average Bonchev–Trinajstić information content (AvgIpc) is 3.07. The molecular weight excluding hydrogens is 430 g/mol. The topological polar surface area (TPSA) is 96.0 Å². The molecule has 0 saturated carbocycles. The monoisotopic (exact) mass is 457 g/mol. The van der Waals surface area contributed by atoms with Crippen molar-refractivity contribution in [3.05, 3.63) is 48.0 Å². The number of anilines is 2. The maximum absolute atomic E-state index is 13.2. The van der Waals surface area contributed by atoms with Crippen LogP contribution in [0.2, 0.25) is 0 Å². The standard InChI is InChI=1S/C23H27N3O5S/c1-17-6-8-18(9-7-17)24-22(27)15-26-20-14-19(10-11-21(20)31-16-23(26)28)32(29,30)25-12-4-2-3-5-13-25/h6-11,14H,2-5,12-13,15-16H2,1H3,(H,24,27). The van der Waals surface area contributed by atoms with Crippen LogP contribution in [0.5, 0.6) is 5.75 Å². The molecule has 1 N–H and O–H groups in total. The molecule has 1 fully saturated rings. The molecule has 2 aliphatic heterocycles. The van der Waals surface area contributed by atoms with E-state index in [4.69, 9.17) is 4.74 Å². The van der Waals surface area contributed by atoms with E-state index in [1.807, 2.05) is 19.1 Å². The zero-order valence-electron chi connectivity index (χ0n) is 18.0. The molecule has 170 valence electrons. The highest BCUT2D eigenvalue weighted by atomic mass is 32.2. The molecular formula is C23H27N3O5S. The van der Waals surface area contributed by atoms with E-state index >= 15 is 0 Å². The third kappa shape index (κ3) is 4.78. The second-order valence-electron chi connectivity index (χ2n) is 8.13. The van der Waals surface area contributed by atoms with E-state index in [1.165, 1.54) is 21.3 Å². The number of nitrogens with one attached hydrogen (secondary N) is 1. The quantitative estimate of drug-likeness (QED) is 0.745. The minimum Gasteiger partial charge on any atom is -0.482 e. The molecule has 2 heterocycles. The third-order valence-electron chi connectivity index (χ3n) is 5.71. The number of hydrogen-bond donors (Lipinski definition) is 1. The van der Waals surface area contributed by atoms with E-state index in [0.29, 0.717) is 24.5 Å². The molecule has 2 aliphatic rings. The smallest absolute Gasteiger partial charge is 0.265 e. The Balaban J connectivity index is 1.58. The second kappa shape index (κ2) is 9.30. The summed E-state index contributed by atoms with van der Waals surface area (Å²) in [5.41, 5.74) is 1.98. The number of hydrogen-bond acceptors (Lipinski definition) is 5. The highest BCUT2D eigenvalue weighted by Gasteiger charge is 2.31. The summed E-state index contributed by atoms with van der Waals surface area (Å²) in [5, 5.41) is 2.77. The van der Waals surface area contributed by atoms with E-state index in [-0.39, 0.29) is 29.6 Å². The molecule has 1 saturated heterocycles. The van der Waals surface area contributed by atoms with Crippen molar-refractivity contribution in [3.63, 3.8) is 0 Å². The van der Waals surface area contributed by atoms with Crippen molar-refractivity contribution in [1.82, 2.24) is 4.31 Å². The van der Waals surface area contributed by atoms with Gasteiger partial charge in [-0.1, -0.05) is 30.5 Å². The van der Waals surface area contributed by atoms with Gasteiger partial charge in [0.25, 0.3) is 5.91 Å². The number of sulfonamides is 1. The molecule has 2 amide bonds. The lowest BCUT2D eigenvalue weighted by Gasteiger charge is -2.30. The van der Waals surface area contributed by atoms with Crippen LogP contribution in [-0.4, -0.2) is 50.8 Å². The van der Waals surface area contributed by atoms with Crippen LogP contribution in [0.1, 0.15) is 31.2 Å². The van der Waals surface area contributed by atoms with Crippen LogP contribution in [0.25, 0.3) is 0 Å². The molecule has 8 nitrogen and oxygen atoms in total. The summed E-state index contributed by atoms with van der Waals surface area (Å²) in [5.74, 6) is -0.403. The lowest BCUT2D eigenvalue weighted by atomic mass is 10.2. The summed E-state index contributed by atoms with van der Waals surface area (Å²) >= 11 is 0. The van der Waals surface area contributed by atoms with Gasteiger partial charge >= 0.3 is 0 Å². The van der Waals surface area contributed by atoms with Gasteiger partial charge in [0.2, 0.25) is 15.9 Å². The minimum atomic E-state index is -3.70. The summed E-state index contributed by atoms with van der Waals surface area (Å²) in [7, 11) is -3.70. The minimum absolute atomic E-state index is 0.0976. The van der Waals surface area contributed by atoms with Gasteiger partial charge in [0.05, 0.1) is 10.6 Å². The van der Waals surface area contributed by atoms with Crippen molar-refractivity contribution in [3.8, 4) is 5.75 Å². The SMILES string of the molecule is Cc1ccc(NC(=O)CN2C(=O)COc3ccc(S(=O)(=O)N4CCCCCC4)cc32)cc1. The lowest BCUT2D eigenvalue weighted by molar-refractivity contribution is -0.123. The summed E-state index contributed by atoms with van der Waals surface area (Å²) in [6.45, 7) is 2.47. The number of aryl methyl sites for hydroxylation is 1. The summed E-state index contributed by atoms with van der Waals surface area (Å²) in [4.78, 5) is 26.6. The Morgan fingerprint density at radius 2 is 1.72 bits per heavy atom. The second-order valence-corrected chi connectivity index (χ2v) is 10.1. The highest BCUT2D eigenvalue weighted by molar-refractivity contribution is 7.89. The fraction of sp³-hybridized carbons (Fsp3) is 0.391. The van der Waals surface area contributed by atoms with Gasteiger partial charge in [-0.3, -0.25) is 14.5 Å². The molecule has 2 aromatic rings. The first-order valence-corrected chi connectivity index (χ1v) is 12.2. The van der Waals surface area contributed by atoms with Crippen molar-refractivity contribution in [2.45, 2.75) is 37.5 Å². The fourth-order valence-electron chi connectivity index (χ4n) is 3.93. The van der Waals surface area contributed by atoms with Gasteiger partial charge < -0.3 is 10.1 Å². The van der Waals surface area contributed by atoms with Crippen molar-refractivity contribution >= 4 is 33.2 Å². The van der Waals surface area contributed by atoms with Gasteiger partial charge in [-0.15, -0.1) is 0 Å². The number of carbonyl (C=O) groups is 2. The fourth-order valence-corrected chi connectivity index (χ4v) is 5.47. The van der Waals surface area contributed by atoms with Gasteiger partial charge in [0.1, 0.15) is 12.3 Å². The van der Waals surface area contributed by atoms with Crippen LogP contribution >= 0.6 is 0 Å². The molecule has 0 aromatic heterocycles. The maximum atomic E-state index is 13.2. The lowest BCUT2D eigenvalue weighted by Crippen LogP contribution is -2.43. The molecule has 0 radical (unpaired) electrons. The van der Waals surface area contributed by atoms with Crippen LogP contribution in [0.4, 0.5) is 11.4 Å². The molecule has 0 spiro atoms. The molecule has 0 unspecified atom stereocenters. The Hall–Kier alpha value is -2.91. The highest BCUT2D eigenvalue weighted by Crippen LogP contribution is 2.35. The summed E-state index contributed by atoms with van der Waals surface area (Å²) in [6, 6.07) is 11.8. The number of carbonyl (C=O) groups excluding carboxylic acids is 2. The molecule has 2 aromatic carbocycles. The van der Waals surface area contributed by atoms with Crippen molar-refractivity contribution in [2.24, 2.45) is 0 Å². The molecule has 0 aliphatic carbocycles. The number of amides is 2. The number of benzene rings is 2. The van der Waals surface area contributed by atoms with Crippen LogP contribution in [0, 0.1) is 6.92 Å². The first-order chi connectivity index (χ1) is 15.3. The Morgan fingerprint density at radius 3 is 2.41 bits per heavy atom. The average molecular weight is 458 g/mol. The maximum Gasteiger partial charge on any atom is 0.265 e. The van der Waals surface area contributed by atoms with E-state index in [1.54, 1.807) is 18.2 Å². The van der Waals surface area contributed by atoms with Crippen LogP contribution < -0.4 is 15.0 Å². The normalized spacial score (nSPS) is 17.3. The Morgan fingerprint density at radius 1 is 1.03 bits per heavy atom. The molecule has 0 bridgehead atoms. The van der Waals surface area contributed by atoms with Gasteiger partial charge in [-0.05, 0) is 50.1 Å². The Bertz CT molecular complexity index is 1110. The van der Waals surface area contributed by atoms with Crippen LogP contribution in [0.15, 0.2) is 47.4 Å². The van der Waals surface area contributed by atoms with Crippen LogP contribution in [-0.2, 0) is 19.6 Å². The zero-order chi connectivity index (χ0) is 22.7. The molecule has 0 atom stereocenters. The predicted octanol–water partition coefficient (Wildman–Crippen LogP) is 2.92. The molecule has 4 rings (SSSR count). The van der Waals surface area contributed by atoms with Crippen molar-refractivity contribution in [1.29, 1.82) is 0 Å². The Labute approximate surface area is 188 Å². The van der Waals surface area contributed by atoms with Gasteiger partial charge in [-0.2, -0.15) is 4.31 Å². The van der Waals surface area contributed by atoms with E-state index in [0.717, 1.165) is 31.2 Å². The number of ether oxygens (including phenoxy) is 1. The van der Waals surface area contributed by atoms with Gasteiger partial charge in [0.15, 0.2) is 6.61 Å². The number of fused-ring (bicyclic) bond motifs is 1. The third-order valence-corrected chi connectivity index (χ3v) is 7.61. The van der Waals surface area contributed by atoms with Crippen molar-refractivity contribution < 1.29 is 22.7 Å². The van der Waals surface area contributed by atoms with Gasteiger partial charge in [0, 0.05) is 18.8 Å². The molecule has 32 heavy (non-hydrogen) atoms. The van der Waals surface area contributed by atoms with Crippen molar-refractivity contribution in [2.75, 3.05) is 36.5 Å². The van der Waals surface area contributed by atoms with Gasteiger partial charge in [-0.25, -0.2) is 8.42 Å². The predicted molar refractivity (Wildman–Crippen MR) is 121 cm³/mol. The van der Waals surface area contributed by atoms with E-state index in [9.17, 15) is 18.0 Å². The number of nitrogens with zero attached hydrogens (tertiary/aromatic N) is 2. The first kappa shape index (κ1) is 22.3. The molecule has 9 heteroatoms. The number of rotatable bonds is 5. The first-order valence-electron chi connectivity index (χ1n) is 10.8. The van der Waals surface area contributed by atoms with Crippen LogP contribution in [0.3, 0.4) is 0 Å². The summed E-state index contributed by atoms with van der Waals surface area (Å²) in [6.07, 6.45) is 3.69. The van der Waals surface area contributed by atoms with E-state index in [2.05, 4.69) is 5.32 Å². The summed E-state index contributed by atoms with van der Waals surface area (Å²) < 4.78 is 33.4. The largest absolute Gasteiger partial charge is 0.482 e.